The summed E-state index contributed by atoms with van der Waals surface area (Å²) < 4.78 is 7.84. The van der Waals surface area contributed by atoms with Crippen LogP contribution < -0.4 is 5.32 Å². The van der Waals surface area contributed by atoms with Crippen LogP contribution >= 0.6 is 0 Å². The molecule has 8 nitrogen and oxygen atoms in total. The van der Waals surface area contributed by atoms with E-state index >= 15 is 0 Å². The Labute approximate surface area is 148 Å². The van der Waals surface area contributed by atoms with Gasteiger partial charge in [0.2, 0.25) is 0 Å². The summed E-state index contributed by atoms with van der Waals surface area (Å²) in [4.78, 5) is 27.8. The van der Waals surface area contributed by atoms with Crippen molar-refractivity contribution < 1.29 is 14.3 Å². The molecule has 25 heavy (non-hydrogen) atoms. The molecule has 1 unspecified atom stereocenters. The molecule has 3 amide bonds. The first-order valence-electron chi connectivity index (χ1n) is 8.75. The minimum absolute atomic E-state index is 0.0614. The van der Waals surface area contributed by atoms with Gasteiger partial charge in [0.1, 0.15) is 5.54 Å². The van der Waals surface area contributed by atoms with Crippen molar-refractivity contribution in [2.75, 3.05) is 32.8 Å². The number of morpholine rings is 1. The van der Waals surface area contributed by atoms with Gasteiger partial charge in [-0.2, -0.15) is 5.10 Å². The quantitative estimate of drug-likeness (QED) is 0.785. The fourth-order valence-corrected chi connectivity index (χ4v) is 3.41. The molecule has 0 aliphatic carbocycles. The third kappa shape index (κ3) is 3.85. The lowest BCUT2D eigenvalue weighted by molar-refractivity contribution is -0.130. The third-order valence-corrected chi connectivity index (χ3v) is 4.79. The summed E-state index contributed by atoms with van der Waals surface area (Å²) >= 11 is 0. The van der Waals surface area contributed by atoms with E-state index in [1.54, 1.807) is 13.8 Å². The van der Waals surface area contributed by atoms with Gasteiger partial charge in [-0.25, -0.2) is 4.79 Å². The fourth-order valence-electron chi connectivity index (χ4n) is 3.41. The Morgan fingerprint density at radius 2 is 2.08 bits per heavy atom. The standard InChI is InChI=1S/C17H27N5O3/c1-12-9-13(2)22(19-12)11-14-10-20(7-8-25-14)5-6-21-15(23)17(3,4)18-16(21)24/h9,14H,5-8,10-11H2,1-4H3,(H,18,24). The second-order valence-corrected chi connectivity index (χ2v) is 7.41. The number of hydrogen-bond donors (Lipinski definition) is 1. The zero-order chi connectivity index (χ0) is 18.2. The molecule has 2 fully saturated rings. The lowest BCUT2D eigenvalue weighted by atomic mass is 10.1. The number of nitrogens with one attached hydrogen (secondary N) is 1. The second kappa shape index (κ2) is 6.76. The van der Waals surface area contributed by atoms with E-state index in [0.29, 0.717) is 26.2 Å². The van der Waals surface area contributed by atoms with Crippen LogP contribution in [0.15, 0.2) is 6.07 Å². The Balaban J connectivity index is 1.53. The first-order valence-corrected chi connectivity index (χ1v) is 8.75. The van der Waals surface area contributed by atoms with Crippen LogP contribution in [-0.2, 0) is 16.1 Å². The van der Waals surface area contributed by atoms with Gasteiger partial charge in [0.25, 0.3) is 5.91 Å². The molecule has 0 bridgehead atoms. The lowest BCUT2D eigenvalue weighted by Gasteiger charge is -2.33. The number of urea groups is 1. The van der Waals surface area contributed by atoms with Gasteiger partial charge in [0, 0.05) is 31.9 Å². The van der Waals surface area contributed by atoms with Crippen molar-refractivity contribution in [3.63, 3.8) is 0 Å². The van der Waals surface area contributed by atoms with Crippen LogP contribution in [0.5, 0.6) is 0 Å². The largest absolute Gasteiger partial charge is 0.374 e. The van der Waals surface area contributed by atoms with Crippen LogP contribution in [0, 0.1) is 13.8 Å². The number of carbonyl (C=O) groups excluding carboxylic acids is 2. The molecule has 2 aliphatic rings. The van der Waals surface area contributed by atoms with Crippen LogP contribution in [0.4, 0.5) is 4.79 Å². The van der Waals surface area contributed by atoms with Crippen molar-refractivity contribution in [2.45, 2.75) is 45.9 Å². The SMILES string of the molecule is Cc1cc(C)n(CC2CN(CCN3C(=O)NC(C)(C)C3=O)CCO2)n1. The number of nitrogens with zero attached hydrogens (tertiary/aromatic N) is 4. The molecular formula is C17H27N5O3. The van der Waals surface area contributed by atoms with Crippen molar-refractivity contribution >= 4 is 11.9 Å². The number of hydrogen-bond acceptors (Lipinski definition) is 5. The monoisotopic (exact) mass is 349 g/mol. The van der Waals surface area contributed by atoms with E-state index in [9.17, 15) is 9.59 Å². The minimum Gasteiger partial charge on any atom is -0.374 e. The minimum atomic E-state index is -0.805. The Bertz CT molecular complexity index is 669. The molecule has 138 valence electrons. The average Bonchev–Trinajstić information content (AvgIpc) is 2.94. The maximum atomic E-state index is 12.2. The highest BCUT2D eigenvalue weighted by molar-refractivity contribution is 6.06. The van der Waals surface area contributed by atoms with Crippen molar-refractivity contribution in [1.29, 1.82) is 0 Å². The third-order valence-electron chi connectivity index (χ3n) is 4.79. The smallest absolute Gasteiger partial charge is 0.325 e. The van der Waals surface area contributed by atoms with Crippen molar-refractivity contribution in [2.24, 2.45) is 0 Å². The number of aryl methyl sites for hydroxylation is 2. The highest BCUT2D eigenvalue weighted by atomic mass is 16.5. The van der Waals surface area contributed by atoms with E-state index in [2.05, 4.69) is 21.4 Å². The molecule has 0 radical (unpaired) electrons. The molecule has 0 aromatic carbocycles. The Morgan fingerprint density at radius 3 is 2.68 bits per heavy atom. The van der Waals surface area contributed by atoms with E-state index in [1.807, 2.05) is 18.5 Å². The van der Waals surface area contributed by atoms with Crippen molar-refractivity contribution in [1.82, 2.24) is 24.9 Å². The summed E-state index contributed by atoms with van der Waals surface area (Å²) in [5, 5.41) is 7.20. The van der Waals surface area contributed by atoms with Gasteiger partial charge in [0.15, 0.2) is 0 Å². The number of rotatable bonds is 5. The van der Waals surface area contributed by atoms with Crippen LogP contribution in [-0.4, -0.2) is 75.9 Å². The van der Waals surface area contributed by atoms with E-state index in [1.165, 1.54) is 4.90 Å². The van der Waals surface area contributed by atoms with Gasteiger partial charge < -0.3 is 10.1 Å². The highest BCUT2D eigenvalue weighted by Gasteiger charge is 2.44. The number of carbonyl (C=O) groups is 2. The summed E-state index contributed by atoms with van der Waals surface area (Å²) in [7, 11) is 0. The molecule has 1 atom stereocenters. The molecule has 0 spiro atoms. The highest BCUT2D eigenvalue weighted by Crippen LogP contribution is 2.17. The molecule has 1 N–H and O–H groups in total. The van der Waals surface area contributed by atoms with E-state index in [0.717, 1.165) is 24.5 Å². The molecule has 1 aromatic rings. The van der Waals surface area contributed by atoms with Gasteiger partial charge in [-0.05, 0) is 33.8 Å². The Kier molecular flexibility index (Phi) is 4.83. The number of ether oxygens (including phenoxy) is 1. The molecule has 3 rings (SSSR count). The van der Waals surface area contributed by atoms with Gasteiger partial charge in [-0.3, -0.25) is 19.3 Å². The van der Waals surface area contributed by atoms with Gasteiger partial charge >= 0.3 is 6.03 Å². The van der Waals surface area contributed by atoms with Crippen LogP contribution in [0.2, 0.25) is 0 Å². The molecule has 2 saturated heterocycles. The first kappa shape index (κ1) is 17.9. The number of imide groups is 1. The summed E-state index contributed by atoms with van der Waals surface area (Å²) in [6.07, 6.45) is 0.0614. The summed E-state index contributed by atoms with van der Waals surface area (Å²) in [5.74, 6) is -0.162. The zero-order valence-electron chi connectivity index (χ0n) is 15.4. The van der Waals surface area contributed by atoms with E-state index in [-0.39, 0.29) is 18.0 Å². The van der Waals surface area contributed by atoms with Crippen LogP contribution in [0.3, 0.4) is 0 Å². The molecule has 0 saturated carbocycles. The summed E-state index contributed by atoms with van der Waals surface area (Å²) in [6, 6.07) is 1.75. The summed E-state index contributed by atoms with van der Waals surface area (Å²) in [6.45, 7) is 11.5. The van der Waals surface area contributed by atoms with Crippen molar-refractivity contribution in [3.8, 4) is 0 Å². The van der Waals surface area contributed by atoms with Gasteiger partial charge in [0.05, 0.1) is 24.9 Å². The molecule has 2 aliphatic heterocycles. The molecule has 1 aromatic heterocycles. The summed E-state index contributed by atoms with van der Waals surface area (Å²) in [5.41, 5.74) is 1.33. The maximum Gasteiger partial charge on any atom is 0.325 e. The van der Waals surface area contributed by atoms with E-state index < -0.39 is 5.54 Å². The predicted molar refractivity (Wildman–Crippen MR) is 92.2 cm³/mol. The average molecular weight is 349 g/mol. The Morgan fingerprint density at radius 1 is 1.32 bits per heavy atom. The zero-order valence-corrected chi connectivity index (χ0v) is 15.4. The van der Waals surface area contributed by atoms with E-state index in [4.69, 9.17) is 4.74 Å². The molecule has 8 heteroatoms. The normalized spacial score (nSPS) is 24.0. The van der Waals surface area contributed by atoms with Gasteiger partial charge in [-0.1, -0.05) is 0 Å². The Hall–Kier alpha value is -1.93. The molecular weight excluding hydrogens is 322 g/mol. The molecule has 3 heterocycles. The predicted octanol–water partition coefficient (Wildman–Crippen LogP) is 0.531. The lowest BCUT2D eigenvalue weighted by Crippen LogP contribution is -2.48. The number of amides is 3. The second-order valence-electron chi connectivity index (χ2n) is 7.41. The topological polar surface area (TPSA) is 79.7 Å². The van der Waals surface area contributed by atoms with Crippen molar-refractivity contribution in [3.05, 3.63) is 17.5 Å². The van der Waals surface area contributed by atoms with Crippen LogP contribution in [0.25, 0.3) is 0 Å². The van der Waals surface area contributed by atoms with Gasteiger partial charge in [-0.15, -0.1) is 0 Å². The first-order chi connectivity index (χ1) is 11.8. The number of aromatic nitrogens is 2. The maximum absolute atomic E-state index is 12.2. The fraction of sp³-hybridized carbons (Fsp3) is 0.706. The van der Waals surface area contributed by atoms with Crippen LogP contribution in [0.1, 0.15) is 25.2 Å².